The van der Waals surface area contributed by atoms with Gasteiger partial charge in [0.1, 0.15) is 18.3 Å². The number of thioether (sulfide) groups is 2. The molecule has 0 saturated carbocycles. The Morgan fingerprint density at radius 3 is 2.52 bits per heavy atom. The average molecular weight is 393 g/mol. The fraction of sp³-hybridized carbons (Fsp3) is 1.00. The average Bonchev–Trinajstić information content (AvgIpc) is 3.06. The van der Waals surface area contributed by atoms with E-state index in [4.69, 9.17) is 18.9 Å². The number of fused-ring (bicyclic) bond motifs is 1. The van der Waals surface area contributed by atoms with Gasteiger partial charge in [0.2, 0.25) is 0 Å². The maximum absolute atomic E-state index is 11.1. The summed E-state index contributed by atoms with van der Waals surface area (Å²) >= 11 is 4.03. The van der Waals surface area contributed by atoms with Crippen LogP contribution in [-0.4, -0.2) is 64.3 Å². The normalized spacial score (nSPS) is 37.8. The van der Waals surface area contributed by atoms with Crippen molar-refractivity contribution in [3.8, 4) is 0 Å². The van der Waals surface area contributed by atoms with Crippen molar-refractivity contribution in [3.63, 3.8) is 0 Å². The zero-order valence-electron chi connectivity index (χ0n) is 15.7. The van der Waals surface area contributed by atoms with E-state index in [-0.39, 0.29) is 16.3 Å². The number of aliphatic hydroxyl groups is 1. The van der Waals surface area contributed by atoms with Crippen molar-refractivity contribution in [1.29, 1.82) is 0 Å². The van der Waals surface area contributed by atoms with Crippen molar-refractivity contribution in [2.75, 3.05) is 18.6 Å². The minimum Gasteiger partial charge on any atom is -0.390 e. The predicted octanol–water partition coefficient (Wildman–Crippen LogP) is 3.39. The molecule has 0 bridgehead atoms. The van der Waals surface area contributed by atoms with Crippen LogP contribution in [0.2, 0.25) is 0 Å². The maximum Gasteiger partial charge on any atom is 0.186 e. The molecular weight excluding hydrogens is 360 g/mol. The molecule has 3 rings (SSSR count). The van der Waals surface area contributed by atoms with Gasteiger partial charge in [-0.05, 0) is 44.6 Å². The lowest BCUT2D eigenvalue weighted by atomic mass is 9.99. The lowest BCUT2D eigenvalue weighted by Crippen LogP contribution is -2.42. The highest BCUT2D eigenvalue weighted by Crippen LogP contribution is 2.50. The molecule has 0 aromatic rings. The monoisotopic (exact) mass is 392 g/mol. The van der Waals surface area contributed by atoms with E-state index in [1.807, 2.05) is 37.4 Å². The molecule has 5 atom stereocenters. The Kier molecular flexibility index (Phi) is 6.68. The molecule has 3 fully saturated rings. The summed E-state index contributed by atoms with van der Waals surface area (Å²) < 4.78 is 23.5. The van der Waals surface area contributed by atoms with Crippen LogP contribution in [0.4, 0.5) is 0 Å². The minimum atomic E-state index is -0.665. The second-order valence-corrected chi connectivity index (χ2v) is 10.8. The van der Waals surface area contributed by atoms with Gasteiger partial charge in [-0.15, -0.1) is 23.5 Å². The van der Waals surface area contributed by atoms with E-state index < -0.39 is 24.3 Å². The molecule has 0 radical (unpaired) electrons. The molecule has 7 heteroatoms. The van der Waals surface area contributed by atoms with Crippen LogP contribution in [-0.2, 0) is 18.9 Å². The van der Waals surface area contributed by atoms with Gasteiger partial charge >= 0.3 is 0 Å². The standard InChI is InChI=1S/C18H32O5S2/c1-5-6-8-18(24-9-7-10-25-18)11-12(19)13-14-15(16(20-4)21-13)23-17(2,3)22-14/h12-16,19H,5-11H2,1-4H3/t12-,13-,14+,15+,16+/m1/s1. The van der Waals surface area contributed by atoms with Gasteiger partial charge in [-0.2, -0.15) is 0 Å². The second-order valence-electron chi connectivity index (χ2n) is 7.61. The molecule has 0 amide bonds. The number of ether oxygens (including phenoxy) is 4. The number of methoxy groups -OCH3 is 1. The number of aliphatic hydroxyl groups excluding tert-OH is 1. The van der Waals surface area contributed by atoms with Crippen molar-refractivity contribution in [3.05, 3.63) is 0 Å². The van der Waals surface area contributed by atoms with E-state index >= 15 is 0 Å². The molecule has 146 valence electrons. The Labute approximate surface area is 159 Å². The van der Waals surface area contributed by atoms with Crippen molar-refractivity contribution in [1.82, 2.24) is 0 Å². The van der Waals surface area contributed by atoms with E-state index in [1.54, 1.807) is 7.11 Å². The van der Waals surface area contributed by atoms with E-state index in [2.05, 4.69) is 6.92 Å². The lowest BCUT2D eigenvalue weighted by Gasteiger charge is -2.39. The summed E-state index contributed by atoms with van der Waals surface area (Å²) in [6.07, 6.45) is 3.45. The summed E-state index contributed by atoms with van der Waals surface area (Å²) in [6, 6.07) is 0. The quantitative estimate of drug-likeness (QED) is 0.713. The van der Waals surface area contributed by atoms with Gasteiger partial charge in [0.25, 0.3) is 0 Å². The van der Waals surface area contributed by atoms with Crippen LogP contribution in [0, 0.1) is 0 Å². The highest BCUT2D eigenvalue weighted by atomic mass is 32.2. The Bertz CT molecular complexity index is 441. The summed E-state index contributed by atoms with van der Waals surface area (Å²) in [5, 5.41) is 11.1. The summed E-state index contributed by atoms with van der Waals surface area (Å²) in [5.74, 6) is 1.69. The molecule has 5 nitrogen and oxygen atoms in total. The Morgan fingerprint density at radius 1 is 1.20 bits per heavy atom. The Morgan fingerprint density at radius 2 is 1.88 bits per heavy atom. The van der Waals surface area contributed by atoms with Crippen molar-refractivity contribution in [2.24, 2.45) is 0 Å². The van der Waals surface area contributed by atoms with Crippen molar-refractivity contribution < 1.29 is 24.1 Å². The van der Waals surface area contributed by atoms with Crippen LogP contribution in [0.25, 0.3) is 0 Å². The number of rotatable bonds is 7. The van der Waals surface area contributed by atoms with Crippen LogP contribution in [0.3, 0.4) is 0 Å². The van der Waals surface area contributed by atoms with Crippen molar-refractivity contribution >= 4 is 23.5 Å². The van der Waals surface area contributed by atoms with Gasteiger partial charge in [-0.1, -0.05) is 19.8 Å². The van der Waals surface area contributed by atoms with Crippen LogP contribution < -0.4 is 0 Å². The summed E-state index contributed by atoms with van der Waals surface area (Å²) in [5.41, 5.74) is 0. The molecule has 1 N–H and O–H groups in total. The summed E-state index contributed by atoms with van der Waals surface area (Å²) in [6.45, 7) is 6.02. The molecule has 0 aromatic carbocycles. The van der Waals surface area contributed by atoms with Crippen LogP contribution in [0.1, 0.15) is 52.9 Å². The Balaban J connectivity index is 1.69. The predicted molar refractivity (Wildman–Crippen MR) is 102 cm³/mol. The van der Waals surface area contributed by atoms with Gasteiger partial charge in [-0.3, -0.25) is 0 Å². The second kappa shape index (κ2) is 8.25. The van der Waals surface area contributed by atoms with Crippen LogP contribution >= 0.6 is 23.5 Å². The SMILES string of the molecule is CCCCC1(C[C@@H](O)[C@H]2O[C@H](OC)[C@H]3OC(C)(C)O[C@H]32)SCCCS1. The van der Waals surface area contributed by atoms with Gasteiger partial charge in [0.05, 0.1) is 10.2 Å². The minimum absolute atomic E-state index is 0.0900. The fourth-order valence-corrected chi connectivity index (χ4v) is 7.44. The topological polar surface area (TPSA) is 57.2 Å². The third-order valence-electron chi connectivity index (χ3n) is 5.11. The zero-order chi connectivity index (χ0) is 18.1. The Hall–Kier alpha value is 0.500. The van der Waals surface area contributed by atoms with E-state index in [1.165, 1.54) is 30.8 Å². The molecule has 25 heavy (non-hydrogen) atoms. The van der Waals surface area contributed by atoms with Gasteiger partial charge in [0, 0.05) is 7.11 Å². The summed E-state index contributed by atoms with van der Waals surface area (Å²) in [4.78, 5) is 0. The highest BCUT2D eigenvalue weighted by molar-refractivity contribution is 8.18. The third-order valence-corrected chi connectivity index (χ3v) is 8.60. The first-order valence-electron chi connectivity index (χ1n) is 9.39. The first-order chi connectivity index (χ1) is 11.9. The van der Waals surface area contributed by atoms with E-state index in [9.17, 15) is 5.11 Å². The van der Waals surface area contributed by atoms with Gasteiger partial charge in [0.15, 0.2) is 12.1 Å². The largest absolute Gasteiger partial charge is 0.390 e. The lowest BCUT2D eigenvalue weighted by molar-refractivity contribution is -0.237. The van der Waals surface area contributed by atoms with Crippen LogP contribution in [0.15, 0.2) is 0 Å². The first-order valence-corrected chi connectivity index (χ1v) is 11.4. The summed E-state index contributed by atoms with van der Waals surface area (Å²) in [7, 11) is 1.61. The molecule has 3 saturated heterocycles. The molecular formula is C18H32O5S2. The number of hydrogen-bond acceptors (Lipinski definition) is 7. The molecule has 0 aromatic heterocycles. The van der Waals surface area contributed by atoms with Crippen LogP contribution in [0.5, 0.6) is 0 Å². The molecule has 3 heterocycles. The maximum atomic E-state index is 11.1. The molecule has 0 aliphatic carbocycles. The zero-order valence-corrected chi connectivity index (χ0v) is 17.4. The molecule has 3 aliphatic rings. The molecule has 3 aliphatic heterocycles. The van der Waals surface area contributed by atoms with Crippen molar-refractivity contribution in [2.45, 2.75) is 93.4 Å². The van der Waals surface area contributed by atoms with E-state index in [0.29, 0.717) is 0 Å². The smallest absolute Gasteiger partial charge is 0.186 e. The van der Waals surface area contributed by atoms with Gasteiger partial charge in [-0.25, -0.2) is 0 Å². The molecule has 0 spiro atoms. The highest BCUT2D eigenvalue weighted by Gasteiger charge is 2.58. The first kappa shape index (κ1) is 20.2. The third kappa shape index (κ3) is 4.50. The fourth-order valence-electron chi connectivity index (χ4n) is 3.95. The number of unbranched alkanes of at least 4 members (excludes halogenated alkanes) is 1. The molecule has 0 unspecified atom stereocenters. The van der Waals surface area contributed by atoms with Gasteiger partial charge < -0.3 is 24.1 Å². The number of hydrogen-bond donors (Lipinski definition) is 1. The van der Waals surface area contributed by atoms with E-state index in [0.717, 1.165) is 12.8 Å².